The quantitative estimate of drug-likeness (QED) is 0.659. The van der Waals surface area contributed by atoms with Gasteiger partial charge < -0.3 is 21.1 Å². The van der Waals surface area contributed by atoms with Crippen LogP contribution in [-0.2, 0) is 0 Å². The predicted octanol–water partition coefficient (Wildman–Crippen LogP) is 1.34. The number of nitrogens with two attached hydrogens (primary N) is 1. The smallest absolute Gasteiger partial charge is 0.268 e. The van der Waals surface area contributed by atoms with E-state index in [-0.39, 0.29) is 11.7 Å². The van der Waals surface area contributed by atoms with Crippen molar-refractivity contribution in [1.82, 2.24) is 10.3 Å². The number of nitrogens with one attached hydrogen (secondary N) is 2. The van der Waals surface area contributed by atoms with Gasteiger partial charge >= 0.3 is 0 Å². The minimum absolute atomic E-state index is 0.154. The average molecular weight is 247 g/mol. The molecule has 1 heterocycles. The SMILES string of the molecule is CC(C)(CN)NC(=O)c1cc2c(O)cccc2[nH]1. The highest BCUT2D eigenvalue weighted by Gasteiger charge is 2.20. The highest BCUT2D eigenvalue weighted by molar-refractivity contribution is 5.99. The van der Waals surface area contributed by atoms with Gasteiger partial charge in [0.2, 0.25) is 0 Å². The molecular weight excluding hydrogens is 230 g/mol. The van der Waals surface area contributed by atoms with Gasteiger partial charge in [0.05, 0.1) is 0 Å². The van der Waals surface area contributed by atoms with Crippen LogP contribution < -0.4 is 11.1 Å². The van der Waals surface area contributed by atoms with Crippen molar-refractivity contribution in [2.45, 2.75) is 19.4 Å². The van der Waals surface area contributed by atoms with Crippen LogP contribution in [0, 0.1) is 0 Å². The number of phenols is 1. The summed E-state index contributed by atoms with van der Waals surface area (Å²) < 4.78 is 0. The zero-order valence-electron chi connectivity index (χ0n) is 10.4. The van der Waals surface area contributed by atoms with Gasteiger partial charge in [-0.25, -0.2) is 0 Å². The lowest BCUT2D eigenvalue weighted by Crippen LogP contribution is -2.48. The number of aromatic amines is 1. The molecule has 0 aliphatic carbocycles. The lowest BCUT2D eigenvalue weighted by molar-refractivity contribution is 0.0911. The number of carbonyl (C=O) groups excluding carboxylic acids is 1. The summed E-state index contributed by atoms with van der Waals surface area (Å²) in [7, 11) is 0. The molecule has 0 saturated heterocycles. The first-order valence-electron chi connectivity index (χ1n) is 5.76. The molecule has 1 aromatic carbocycles. The third-order valence-corrected chi connectivity index (χ3v) is 2.85. The van der Waals surface area contributed by atoms with Gasteiger partial charge in [-0.3, -0.25) is 4.79 Å². The van der Waals surface area contributed by atoms with E-state index in [9.17, 15) is 9.90 Å². The molecule has 2 aromatic rings. The molecule has 0 atom stereocenters. The summed E-state index contributed by atoms with van der Waals surface area (Å²) in [6.07, 6.45) is 0. The van der Waals surface area contributed by atoms with Gasteiger partial charge in [-0.1, -0.05) is 6.07 Å². The third kappa shape index (κ3) is 2.31. The van der Waals surface area contributed by atoms with Crippen LogP contribution in [0.5, 0.6) is 5.75 Å². The summed E-state index contributed by atoms with van der Waals surface area (Å²) in [5.41, 5.74) is 6.24. The van der Waals surface area contributed by atoms with Gasteiger partial charge in [-0.2, -0.15) is 0 Å². The number of benzene rings is 1. The van der Waals surface area contributed by atoms with Crippen molar-refractivity contribution in [3.8, 4) is 5.75 Å². The number of hydrogen-bond acceptors (Lipinski definition) is 3. The minimum Gasteiger partial charge on any atom is -0.507 e. The molecule has 5 nitrogen and oxygen atoms in total. The Morgan fingerprint density at radius 2 is 2.22 bits per heavy atom. The Morgan fingerprint density at radius 3 is 2.83 bits per heavy atom. The molecule has 0 bridgehead atoms. The number of carbonyl (C=O) groups is 1. The second kappa shape index (κ2) is 4.34. The molecule has 96 valence electrons. The number of aromatic nitrogens is 1. The van der Waals surface area contributed by atoms with Gasteiger partial charge in [0.15, 0.2) is 0 Å². The molecule has 0 unspecified atom stereocenters. The summed E-state index contributed by atoms with van der Waals surface area (Å²) in [6, 6.07) is 6.74. The molecular formula is C13H17N3O2. The number of H-pyrrole nitrogens is 1. The van der Waals surface area contributed by atoms with Gasteiger partial charge in [-0.15, -0.1) is 0 Å². The third-order valence-electron chi connectivity index (χ3n) is 2.85. The fourth-order valence-corrected chi connectivity index (χ4v) is 1.69. The molecule has 5 heteroatoms. The van der Waals surface area contributed by atoms with Gasteiger partial charge in [-0.05, 0) is 32.0 Å². The fraction of sp³-hybridized carbons (Fsp3) is 0.308. The normalized spacial score (nSPS) is 11.7. The minimum atomic E-state index is -0.462. The Morgan fingerprint density at radius 1 is 1.50 bits per heavy atom. The summed E-state index contributed by atoms with van der Waals surface area (Å²) in [6.45, 7) is 4.06. The van der Waals surface area contributed by atoms with Crippen molar-refractivity contribution in [3.63, 3.8) is 0 Å². The second-order valence-corrected chi connectivity index (χ2v) is 4.96. The van der Waals surface area contributed by atoms with E-state index in [1.54, 1.807) is 24.3 Å². The molecule has 0 spiro atoms. The Hall–Kier alpha value is -2.01. The van der Waals surface area contributed by atoms with E-state index in [1.165, 1.54) is 0 Å². The van der Waals surface area contributed by atoms with E-state index in [2.05, 4.69) is 10.3 Å². The van der Waals surface area contributed by atoms with Crippen molar-refractivity contribution in [2.75, 3.05) is 6.54 Å². The number of hydrogen-bond donors (Lipinski definition) is 4. The topological polar surface area (TPSA) is 91.1 Å². The predicted molar refractivity (Wildman–Crippen MR) is 70.6 cm³/mol. The van der Waals surface area contributed by atoms with Crippen molar-refractivity contribution in [3.05, 3.63) is 30.0 Å². The number of aromatic hydroxyl groups is 1. The Bertz CT molecular complexity index is 587. The Balaban J connectivity index is 2.32. The Labute approximate surface area is 105 Å². The van der Waals surface area contributed by atoms with Crippen LogP contribution >= 0.6 is 0 Å². The maximum Gasteiger partial charge on any atom is 0.268 e. The van der Waals surface area contributed by atoms with E-state index in [4.69, 9.17) is 5.73 Å². The summed E-state index contributed by atoms with van der Waals surface area (Å²) in [5.74, 6) is -0.0815. The zero-order chi connectivity index (χ0) is 13.3. The zero-order valence-corrected chi connectivity index (χ0v) is 10.4. The van der Waals surface area contributed by atoms with E-state index < -0.39 is 5.54 Å². The van der Waals surface area contributed by atoms with Crippen molar-refractivity contribution in [1.29, 1.82) is 0 Å². The first-order chi connectivity index (χ1) is 8.43. The largest absolute Gasteiger partial charge is 0.507 e. The van der Waals surface area contributed by atoms with Crippen LogP contribution in [0.15, 0.2) is 24.3 Å². The first kappa shape index (κ1) is 12.4. The molecule has 0 fully saturated rings. The van der Waals surface area contributed by atoms with Crippen LogP contribution in [0.1, 0.15) is 24.3 Å². The molecule has 0 radical (unpaired) electrons. The molecule has 0 aliphatic heterocycles. The average Bonchev–Trinajstić information content (AvgIpc) is 2.74. The van der Waals surface area contributed by atoms with Gasteiger partial charge in [0.1, 0.15) is 11.4 Å². The van der Waals surface area contributed by atoms with Crippen LogP contribution in [-0.4, -0.2) is 28.1 Å². The van der Waals surface area contributed by atoms with E-state index in [1.807, 2.05) is 13.8 Å². The van der Waals surface area contributed by atoms with Gasteiger partial charge in [0.25, 0.3) is 5.91 Å². The van der Waals surface area contributed by atoms with Crippen molar-refractivity contribution >= 4 is 16.8 Å². The van der Waals surface area contributed by atoms with Crippen LogP contribution in [0.2, 0.25) is 0 Å². The molecule has 1 amide bonds. The standard InChI is InChI=1S/C13H17N3O2/c1-13(2,7-14)16-12(18)10-6-8-9(15-10)4-3-5-11(8)17/h3-6,15,17H,7,14H2,1-2H3,(H,16,18). The highest BCUT2D eigenvalue weighted by atomic mass is 16.3. The highest BCUT2D eigenvalue weighted by Crippen LogP contribution is 2.24. The number of amides is 1. The second-order valence-electron chi connectivity index (χ2n) is 4.96. The molecule has 1 aromatic heterocycles. The molecule has 18 heavy (non-hydrogen) atoms. The van der Waals surface area contributed by atoms with Crippen LogP contribution in [0.3, 0.4) is 0 Å². The maximum atomic E-state index is 12.0. The van der Waals surface area contributed by atoms with E-state index in [0.717, 1.165) is 5.52 Å². The molecule has 0 saturated carbocycles. The van der Waals surface area contributed by atoms with E-state index in [0.29, 0.717) is 17.6 Å². The first-order valence-corrected chi connectivity index (χ1v) is 5.76. The monoisotopic (exact) mass is 247 g/mol. The summed E-state index contributed by atoms with van der Waals surface area (Å²) in [5, 5.41) is 13.1. The van der Waals surface area contributed by atoms with Crippen molar-refractivity contribution < 1.29 is 9.90 Å². The van der Waals surface area contributed by atoms with Gasteiger partial charge in [0, 0.05) is 23.0 Å². The number of fused-ring (bicyclic) bond motifs is 1. The van der Waals surface area contributed by atoms with E-state index >= 15 is 0 Å². The lowest BCUT2D eigenvalue weighted by Gasteiger charge is -2.23. The van der Waals surface area contributed by atoms with Crippen LogP contribution in [0.25, 0.3) is 10.9 Å². The fourth-order valence-electron chi connectivity index (χ4n) is 1.69. The number of phenolic OH excluding ortho intramolecular Hbond substituents is 1. The molecule has 5 N–H and O–H groups in total. The summed E-state index contributed by atoms with van der Waals surface area (Å²) in [4.78, 5) is 15.0. The number of rotatable bonds is 3. The summed E-state index contributed by atoms with van der Waals surface area (Å²) >= 11 is 0. The Kier molecular flexibility index (Phi) is 3.00. The lowest BCUT2D eigenvalue weighted by atomic mass is 10.1. The van der Waals surface area contributed by atoms with Crippen LogP contribution in [0.4, 0.5) is 0 Å². The molecule has 0 aliphatic rings. The maximum absolute atomic E-state index is 12.0. The molecule has 2 rings (SSSR count). The van der Waals surface area contributed by atoms with Crippen molar-refractivity contribution in [2.24, 2.45) is 5.73 Å².